The van der Waals surface area contributed by atoms with Gasteiger partial charge in [0.25, 0.3) is 5.56 Å². The van der Waals surface area contributed by atoms with Gasteiger partial charge < -0.3 is 10.2 Å². The summed E-state index contributed by atoms with van der Waals surface area (Å²) in [5.74, 6) is -0.449. The van der Waals surface area contributed by atoms with Crippen molar-refractivity contribution < 1.29 is 9.59 Å². The summed E-state index contributed by atoms with van der Waals surface area (Å²) in [6, 6.07) is 1.27. The fourth-order valence-corrected chi connectivity index (χ4v) is 4.21. The number of hydrogen-bond donors (Lipinski definition) is 1. The number of nitrogens with one attached hydrogen (secondary N) is 1. The number of aromatic nitrogens is 3. The van der Waals surface area contributed by atoms with Crippen LogP contribution in [0.4, 0.5) is 0 Å². The fraction of sp³-hybridized carbons (Fsp3) is 0.571. The first-order valence-corrected chi connectivity index (χ1v) is 10.5. The van der Waals surface area contributed by atoms with Gasteiger partial charge in [0.2, 0.25) is 11.8 Å². The fourth-order valence-electron chi connectivity index (χ4n) is 4.21. The first-order valence-electron chi connectivity index (χ1n) is 10.5. The zero-order valence-corrected chi connectivity index (χ0v) is 16.8. The number of hydrogen-bond acceptors (Lipinski definition) is 5. The SMILES string of the molecule is CC(NC(=O)Cn1cnc2nc3c(cc2c1=O)CCCC3)C(=O)N1CCCCC1. The monoisotopic (exact) mass is 397 g/mol. The van der Waals surface area contributed by atoms with Crippen molar-refractivity contribution in [1.82, 2.24) is 24.8 Å². The molecule has 3 heterocycles. The lowest BCUT2D eigenvalue weighted by Gasteiger charge is -2.29. The highest BCUT2D eigenvalue weighted by Crippen LogP contribution is 2.21. The maximum absolute atomic E-state index is 12.8. The van der Waals surface area contributed by atoms with Crippen molar-refractivity contribution in [2.75, 3.05) is 13.1 Å². The number of piperidine rings is 1. The summed E-state index contributed by atoms with van der Waals surface area (Å²) in [6.07, 6.45) is 8.55. The topological polar surface area (TPSA) is 97.2 Å². The van der Waals surface area contributed by atoms with Crippen LogP contribution in [-0.2, 0) is 29.0 Å². The van der Waals surface area contributed by atoms with Crippen LogP contribution < -0.4 is 10.9 Å². The van der Waals surface area contributed by atoms with Crippen LogP contribution in [0.1, 0.15) is 50.3 Å². The van der Waals surface area contributed by atoms with E-state index in [1.54, 1.807) is 11.8 Å². The number of likely N-dealkylation sites (tertiary alicyclic amines) is 1. The van der Waals surface area contributed by atoms with Crippen LogP contribution in [0.5, 0.6) is 0 Å². The molecular formula is C21H27N5O3. The summed E-state index contributed by atoms with van der Waals surface area (Å²) in [4.78, 5) is 48.4. The number of amides is 2. The molecular weight excluding hydrogens is 370 g/mol. The van der Waals surface area contributed by atoms with Gasteiger partial charge in [0.05, 0.1) is 5.39 Å². The largest absolute Gasteiger partial charge is 0.343 e. The Balaban J connectivity index is 1.47. The molecule has 4 rings (SSSR count). The lowest BCUT2D eigenvalue weighted by molar-refractivity contribution is -0.136. The van der Waals surface area contributed by atoms with Gasteiger partial charge in [-0.1, -0.05) is 0 Å². The number of rotatable bonds is 4. The van der Waals surface area contributed by atoms with Crippen molar-refractivity contribution >= 4 is 22.8 Å². The minimum Gasteiger partial charge on any atom is -0.343 e. The third-order valence-corrected chi connectivity index (χ3v) is 5.82. The van der Waals surface area contributed by atoms with E-state index in [9.17, 15) is 14.4 Å². The number of fused-ring (bicyclic) bond motifs is 2. The molecule has 0 aromatic carbocycles. The lowest BCUT2D eigenvalue weighted by Crippen LogP contribution is -2.49. The van der Waals surface area contributed by atoms with E-state index >= 15 is 0 Å². The van der Waals surface area contributed by atoms with Crippen LogP contribution in [0, 0.1) is 0 Å². The molecule has 29 heavy (non-hydrogen) atoms. The Kier molecular flexibility index (Phi) is 5.60. The van der Waals surface area contributed by atoms with Gasteiger partial charge in [-0.15, -0.1) is 0 Å². The second kappa shape index (κ2) is 8.31. The zero-order valence-electron chi connectivity index (χ0n) is 16.8. The minimum absolute atomic E-state index is 0.0714. The Morgan fingerprint density at radius 3 is 2.69 bits per heavy atom. The predicted molar refractivity (Wildman–Crippen MR) is 108 cm³/mol. The van der Waals surface area contributed by atoms with E-state index in [1.165, 1.54) is 10.9 Å². The molecule has 2 amide bonds. The number of carbonyl (C=O) groups is 2. The maximum atomic E-state index is 12.8. The second-order valence-electron chi connectivity index (χ2n) is 8.03. The molecule has 2 aliphatic rings. The molecule has 2 aromatic rings. The number of nitrogens with zero attached hydrogens (tertiary/aromatic N) is 4. The van der Waals surface area contributed by atoms with Crippen molar-refractivity contribution in [2.45, 2.75) is 64.5 Å². The van der Waals surface area contributed by atoms with Gasteiger partial charge in [0, 0.05) is 18.8 Å². The molecule has 1 aliphatic carbocycles. The number of pyridine rings is 1. The van der Waals surface area contributed by atoms with E-state index in [4.69, 9.17) is 0 Å². The first-order chi connectivity index (χ1) is 14.0. The van der Waals surface area contributed by atoms with Crippen LogP contribution in [0.3, 0.4) is 0 Å². The molecule has 154 valence electrons. The van der Waals surface area contributed by atoms with Crippen LogP contribution in [0.15, 0.2) is 17.2 Å². The van der Waals surface area contributed by atoms with Crippen LogP contribution in [0.25, 0.3) is 11.0 Å². The lowest BCUT2D eigenvalue weighted by atomic mass is 9.95. The van der Waals surface area contributed by atoms with Crippen LogP contribution in [0.2, 0.25) is 0 Å². The maximum Gasteiger partial charge on any atom is 0.263 e. The van der Waals surface area contributed by atoms with Crippen molar-refractivity contribution in [1.29, 1.82) is 0 Å². The van der Waals surface area contributed by atoms with Gasteiger partial charge in [-0.05, 0) is 63.5 Å². The Bertz CT molecular complexity index is 994. The molecule has 0 saturated carbocycles. The Morgan fingerprint density at radius 1 is 1.14 bits per heavy atom. The summed E-state index contributed by atoms with van der Waals surface area (Å²) in [6.45, 7) is 3.00. The summed E-state index contributed by atoms with van der Waals surface area (Å²) >= 11 is 0. The molecule has 1 N–H and O–H groups in total. The smallest absolute Gasteiger partial charge is 0.263 e. The van der Waals surface area contributed by atoms with E-state index < -0.39 is 6.04 Å². The van der Waals surface area contributed by atoms with Crippen molar-refractivity contribution in [3.8, 4) is 0 Å². The Morgan fingerprint density at radius 2 is 1.90 bits per heavy atom. The average molecular weight is 397 g/mol. The molecule has 1 aliphatic heterocycles. The quantitative estimate of drug-likeness (QED) is 0.836. The highest BCUT2D eigenvalue weighted by atomic mass is 16.2. The predicted octanol–water partition coefficient (Wildman–Crippen LogP) is 1.19. The molecule has 1 saturated heterocycles. The molecule has 8 heteroatoms. The normalized spacial score (nSPS) is 17.6. The standard InChI is InChI=1S/C21H27N5O3/c1-14(20(28)25-9-5-2-6-10-25)23-18(27)12-26-13-22-19-16(21(26)29)11-15-7-3-4-8-17(15)24-19/h11,13-14H,2-10,12H2,1H3,(H,23,27). The molecule has 1 unspecified atom stereocenters. The van der Waals surface area contributed by atoms with Gasteiger partial charge in [0.15, 0.2) is 5.65 Å². The third-order valence-electron chi connectivity index (χ3n) is 5.82. The molecule has 1 atom stereocenters. The Hall–Kier alpha value is -2.77. The summed E-state index contributed by atoms with van der Waals surface area (Å²) in [7, 11) is 0. The molecule has 0 spiro atoms. The number of carbonyl (C=O) groups excluding carboxylic acids is 2. The van der Waals surface area contributed by atoms with E-state index in [1.807, 2.05) is 6.07 Å². The molecule has 1 fully saturated rings. The zero-order chi connectivity index (χ0) is 20.4. The Labute approximate surface area is 169 Å². The summed E-state index contributed by atoms with van der Waals surface area (Å²) < 4.78 is 1.28. The molecule has 0 radical (unpaired) electrons. The molecule has 0 bridgehead atoms. The minimum atomic E-state index is -0.613. The van der Waals surface area contributed by atoms with Gasteiger partial charge in [-0.3, -0.25) is 19.0 Å². The van der Waals surface area contributed by atoms with E-state index in [0.717, 1.165) is 69.3 Å². The van der Waals surface area contributed by atoms with E-state index in [0.29, 0.717) is 11.0 Å². The van der Waals surface area contributed by atoms with Crippen molar-refractivity contribution in [3.05, 3.63) is 34.0 Å². The van der Waals surface area contributed by atoms with Crippen LogP contribution >= 0.6 is 0 Å². The molecule has 2 aromatic heterocycles. The second-order valence-corrected chi connectivity index (χ2v) is 8.03. The number of aryl methyl sites for hydroxylation is 2. The van der Waals surface area contributed by atoms with Gasteiger partial charge in [0.1, 0.15) is 18.9 Å². The van der Waals surface area contributed by atoms with Gasteiger partial charge in [-0.25, -0.2) is 9.97 Å². The van der Waals surface area contributed by atoms with Crippen LogP contribution in [-0.4, -0.2) is 50.4 Å². The van der Waals surface area contributed by atoms with Crippen molar-refractivity contribution in [3.63, 3.8) is 0 Å². The average Bonchev–Trinajstić information content (AvgIpc) is 2.74. The summed E-state index contributed by atoms with van der Waals surface area (Å²) in [5, 5.41) is 3.16. The van der Waals surface area contributed by atoms with E-state index in [-0.39, 0.29) is 23.9 Å². The van der Waals surface area contributed by atoms with E-state index in [2.05, 4.69) is 15.3 Å². The highest BCUT2D eigenvalue weighted by molar-refractivity contribution is 5.87. The first kappa shape index (κ1) is 19.5. The highest BCUT2D eigenvalue weighted by Gasteiger charge is 2.23. The van der Waals surface area contributed by atoms with Crippen molar-refractivity contribution in [2.24, 2.45) is 0 Å². The molecule has 8 nitrogen and oxygen atoms in total. The van der Waals surface area contributed by atoms with Gasteiger partial charge >= 0.3 is 0 Å². The van der Waals surface area contributed by atoms with Gasteiger partial charge in [-0.2, -0.15) is 0 Å². The third kappa shape index (κ3) is 4.16. The summed E-state index contributed by atoms with van der Waals surface area (Å²) in [5.41, 5.74) is 2.28.